The zero-order valence-corrected chi connectivity index (χ0v) is 19.4. The van der Waals surface area contributed by atoms with Crippen molar-refractivity contribution in [3.63, 3.8) is 0 Å². The van der Waals surface area contributed by atoms with Gasteiger partial charge in [-0.15, -0.1) is 0 Å². The van der Waals surface area contributed by atoms with Crippen molar-refractivity contribution in [2.24, 2.45) is 0 Å². The molecule has 2 aromatic carbocycles. The lowest BCUT2D eigenvalue weighted by Gasteiger charge is -2.35. The van der Waals surface area contributed by atoms with E-state index in [2.05, 4.69) is 10.6 Å². The summed E-state index contributed by atoms with van der Waals surface area (Å²) in [6.07, 6.45) is 3.02. The number of rotatable bonds is 6. The van der Waals surface area contributed by atoms with Crippen molar-refractivity contribution < 1.29 is 14.3 Å². The summed E-state index contributed by atoms with van der Waals surface area (Å²) < 4.78 is 5.46. The number of nitrogens with zero attached hydrogens (tertiary/aromatic N) is 1. The lowest BCUT2D eigenvalue weighted by atomic mass is 9.95. The molecule has 1 aliphatic rings. The van der Waals surface area contributed by atoms with Crippen LogP contribution < -0.4 is 10.6 Å². The fourth-order valence-electron chi connectivity index (χ4n) is 3.31. The van der Waals surface area contributed by atoms with Crippen LogP contribution in [0.25, 0.3) is 6.08 Å². The van der Waals surface area contributed by atoms with Crippen molar-refractivity contribution in [2.75, 3.05) is 12.4 Å². The molecule has 0 spiro atoms. The fourth-order valence-corrected chi connectivity index (χ4v) is 3.56. The highest BCUT2D eigenvalue weighted by Crippen LogP contribution is 2.31. The van der Waals surface area contributed by atoms with Crippen LogP contribution in [0.1, 0.15) is 37.9 Å². The molecule has 0 aliphatic carbocycles. The predicted molar refractivity (Wildman–Crippen MR) is 131 cm³/mol. The number of carbonyl (C=O) groups excluding carboxylic acids is 2. The molecule has 3 rings (SSSR count). The van der Waals surface area contributed by atoms with Crippen LogP contribution in [-0.2, 0) is 14.3 Å². The molecular weight excluding hydrogens is 422 g/mol. The van der Waals surface area contributed by atoms with Gasteiger partial charge in [0.25, 0.3) is 0 Å². The third kappa shape index (κ3) is 5.62. The van der Waals surface area contributed by atoms with Crippen LogP contribution in [0.2, 0.25) is 0 Å². The summed E-state index contributed by atoms with van der Waals surface area (Å²) in [5.74, 6) is -0.607. The van der Waals surface area contributed by atoms with E-state index in [-0.39, 0.29) is 18.0 Å². The van der Waals surface area contributed by atoms with Crippen molar-refractivity contribution in [1.82, 2.24) is 10.2 Å². The standard InChI is InChI=1S/C25H27N3O3S/c1-16(2)31-24(30)22-17(3)28(4)25(32)27-23(22)19-11-13-20(14-12-19)26-21(29)15-10-18-8-6-5-7-9-18/h5-16,23H,1-4H3,(H,26,29)(H,27,32)/b15-10+. The van der Waals surface area contributed by atoms with Gasteiger partial charge in [0.2, 0.25) is 5.91 Å². The Balaban J connectivity index is 1.77. The number of esters is 1. The van der Waals surface area contributed by atoms with Crippen molar-refractivity contribution in [3.05, 3.63) is 83.1 Å². The summed E-state index contributed by atoms with van der Waals surface area (Å²) in [7, 11) is 1.81. The molecule has 0 fully saturated rings. The second kappa shape index (κ2) is 10.2. The monoisotopic (exact) mass is 449 g/mol. The van der Waals surface area contributed by atoms with E-state index in [9.17, 15) is 9.59 Å². The molecule has 0 radical (unpaired) electrons. The fraction of sp³-hybridized carbons (Fsp3) is 0.240. The Morgan fingerprint density at radius 2 is 1.78 bits per heavy atom. The van der Waals surface area contributed by atoms with Crippen LogP contribution in [0.4, 0.5) is 5.69 Å². The topological polar surface area (TPSA) is 70.7 Å². The molecule has 1 amide bonds. The van der Waals surface area contributed by atoms with Gasteiger partial charge < -0.3 is 20.3 Å². The molecule has 0 bridgehead atoms. The molecule has 1 atom stereocenters. The normalized spacial score (nSPS) is 16.3. The quantitative estimate of drug-likeness (QED) is 0.386. The minimum atomic E-state index is -0.437. The molecule has 2 N–H and O–H groups in total. The molecule has 1 aliphatic heterocycles. The number of ether oxygens (including phenoxy) is 1. The average molecular weight is 450 g/mol. The van der Waals surface area contributed by atoms with Crippen LogP contribution >= 0.6 is 12.2 Å². The number of benzene rings is 2. The van der Waals surface area contributed by atoms with E-state index in [4.69, 9.17) is 17.0 Å². The molecule has 2 aromatic rings. The lowest BCUT2D eigenvalue weighted by Crippen LogP contribution is -2.46. The first kappa shape index (κ1) is 23.2. The molecule has 1 heterocycles. The van der Waals surface area contributed by atoms with Crippen molar-refractivity contribution >= 4 is 41.0 Å². The summed E-state index contributed by atoms with van der Waals surface area (Å²) >= 11 is 5.43. The smallest absolute Gasteiger partial charge is 0.338 e. The summed E-state index contributed by atoms with van der Waals surface area (Å²) in [5.41, 5.74) is 3.70. The first-order valence-electron chi connectivity index (χ1n) is 10.4. The number of anilines is 1. The number of allylic oxidation sites excluding steroid dienone is 1. The first-order valence-corrected chi connectivity index (χ1v) is 10.8. The molecule has 166 valence electrons. The Morgan fingerprint density at radius 3 is 2.41 bits per heavy atom. The van der Waals surface area contributed by atoms with Crippen LogP contribution in [0.15, 0.2) is 71.9 Å². The molecule has 0 saturated heterocycles. The summed E-state index contributed by atoms with van der Waals surface area (Å²) in [4.78, 5) is 26.8. The number of amides is 1. The predicted octanol–water partition coefficient (Wildman–Crippen LogP) is 4.43. The van der Waals surface area contributed by atoms with E-state index in [0.717, 1.165) is 16.8 Å². The van der Waals surface area contributed by atoms with E-state index in [0.29, 0.717) is 16.4 Å². The molecule has 1 unspecified atom stereocenters. The van der Waals surface area contributed by atoms with Crippen molar-refractivity contribution in [3.8, 4) is 0 Å². The highest BCUT2D eigenvalue weighted by molar-refractivity contribution is 7.80. The zero-order chi connectivity index (χ0) is 23.3. The maximum Gasteiger partial charge on any atom is 0.338 e. The van der Waals surface area contributed by atoms with Crippen molar-refractivity contribution in [2.45, 2.75) is 32.9 Å². The maximum absolute atomic E-state index is 12.8. The highest BCUT2D eigenvalue weighted by atomic mass is 32.1. The van der Waals surface area contributed by atoms with Gasteiger partial charge in [-0.1, -0.05) is 42.5 Å². The second-order valence-electron chi connectivity index (χ2n) is 7.75. The lowest BCUT2D eigenvalue weighted by molar-refractivity contribution is -0.143. The average Bonchev–Trinajstić information content (AvgIpc) is 2.76. The van der Waals surface area contributed by atoms with Crippen molar-refractivity contribution in [1.29, 1.82) is 0 Å². The van der Waals surface area contributed by atoms with Gasteiger partial charge >= 0.3 is 5.97 Å². The van der Waals surface area contributed by atoms with E-state index in [1.54, 1.807) is 23.1 Å². The van der Waals surface area contributed by atoms with Gasteiger partial charge in [-0.3, -0.25) is 4.79 Å². The van der Waals surface area contributed by atoms with Crippen LogP contribution in [-0.4, -0.2) is 35.0 Å². The van der Waals surface area contributed by atoms with Gasteiger partial charge in [0, 0.05) is 24.5 Å². The van der Waals surface area contributed by atoms with Gasteiger partial charge in [-0.05, 0) is 62.3 Å². The van der Waals surface area contributed by atoms with Crippen LogP contribution in [0, 0.1) is 0 Å². The van der Waals surface area contributed by atoms with Crippen LogP contribution in [0.3, 0.4) is 0 Å². The molecule has 32 heavy (non-hydrogen) atoms. The number of thiocarbonyl (C=S) groups is 1. The number of nitrogens with one attached hydrogen (secondary N) is 2. The molecule has 6 nitrogen and oxygen atoms in total. The second-order valence-corrected chi connectivity index (χ2v) is 8.14. The Kier molecular flexibility index (Phi) is 7.43. The Labute approximate surface area is 194 Å². The van der Waals surface area contributed by atoms with Gasteiger partial charge in [0.1, 0.15) is 0 Å². The first-order chi connectivity index (χ1) is 15.3. The Bertz CT molecular complexity index is 1060. The maximum atomic E-state index is 12.8. The number of hydrogen-bond donors (Lipinski definition) is 2. The highest BCUT2D eigenvalue weighted by Gasteiger charge is 2.33. The van der Waals surface area contributed by atoms with Gasteiger partial charge in [-0.25, -0.2) is 4.79 Å². The zero-order valence-electron chi connectivity index (χ0n) is 18.6. The largest absolute Gasteiger partial charge is 0.459 e. The molecule has 0 saturated carbocycles. The molecule has 0 aromatic heterocycles. The van der Waals surface area contributed by atoms with E-state index >= 15 is 0 Å². The van der Waals surface area contributed by atoms with E-state index < -0.39 is 6.04 Å². The number of carbonyl (C=O) groups is 2. The Hall–Kier alpha value is -3.45. The molecule has 7 heteroatoms. The minimum absolute atomic E-state index is 0.225. The van der Waals surface area contributed by atoms with Gasteiger partial charge in [-0.2, -0.15) is 0 Å². The van der Waals surface area contributed by atoms with Gasteiger partial charge in [0.15, 0.2) is 5.11 Å². The van der Waals surface area contributed by atoms with Crippen LogP contribution in [0.5, 0.6) is 0 Å². The Morgan fingerprint density at radius 1 is 1.12 bits per heavy atom. The number of hydrogen-bond acceptors (Lipinski definition) is 4. The van der Waals surface area contributed by atoms with Gasteiger partial charge in [0.05, 0.1) is 17.7 Å². The third-order valence-electron chi connectivity index (χ3n) is 5.05. The minimum Gasteiger partial charge on any atom is -0.459 e. The summed E-state index contributed by atoms with van der Waals surface area (Å²) in [6, 6.07) is 16.5. The van der Waals surface area contributed by atoms with E-state index in [1.165, 1.54) is 6.08 Å². The third-order valence-corrected chi connectivity index (χ3v) is 5.45. The molecular formula is C25H27N3O3S. The summed E-state index contributed by atoms with van der Waals surface area (Å²) in [5, 5.41) is 6.58. The SMILES string of the molecule is CC1=C(C(=O)OC(C)C)C(c2ccc(NC(=O)/C=C/c3ccccc3)cc2)NC(=S)N1C. The summed E-state index contributed by atoms with van der Waals surface area (Å²) in [6.45, 7) is 5.49. The van der Waals surface area contributed by atoms with E-state index in [1.807, 2.05) is 70.3 Å².